The van der Waals surface area contributed by atoms with Gasteiger partial charge in [-0.3, -0.25) is 10.1 Å². The molecule has 0 aliphatic carbocycles. The summed E-state index contributed by atoms with van der Waals surface area (Å²) in [6.07, 6.45) is 0. The monoisotopic (exact) mass is 274 g/mol. The molecule has 0 heterocycles. The number of nitrogens with two attached hydrogens (primary N) is 1. The Labute approximate surface area is 115 Å². The fourth-order valence-corrected chi connectivity index (χ4v) is 2.64. The second kappa shape index (κ2) is 5.32. The first kappa shape index (κ1) is 13.4. The SMILES string of the molecule is Cc1ccc(Sc2ccc([N+](=O)[O-])c(N)c2)cc1C. The van der Waals surface area contributed by atoms with Crippen molar-refractivity contribution in [2.45, 2.75) is 23.6 Å². The van der Waals surface area contributed by atoms with Crippen LogP contribution in [0.25, 0.3) is 0 Å². The van der Waals surface area contributed by atoms with Gasteiger partial charge in [0.2, 0.25) is 0 Å². The number of nitrogens with zero attached hydrogens (tertiary/aromatic N) is 1. The Hall–Kier alpha value is -2.01. The van der Waals surface area contributed by atoms with E-state index in [2.05, 4.69) is 26.0 Å². The molecule has 0 amide bonds. The lowest BCUT2D eigenvalue weighted by Crippen LogP contribution is -1.95. The largest absolute Gasteiger partial charge is 0.393 e. The number of anilines is 1. The highest BCUT2D eigenvalue weighted by Gasteiger charge is 2.11. The van der Waals surface area contributed by atoms with Crippen molar-refractivity contribution in [2.24, 2.45) is 0 Å². The van der Waals surface area contributed by atoms with Crippen LogP contribution in [0.15, 0.2) is 46.2 Å². The van der Waals surface area contributed by atoms with Crippen molar-refractivity contribution in [1.29, 1.82) is 0 Å². The molecule has 0 unspecified atom stereocenters. The zero-order valence-electron chi connectivity index (χ0n) is 10.7. The van der Waals surface area contributed by atoms with Gasteiger partial charge in [0.15, 0.2) is 0 Å². The van der Waals surface area contributed by atoms with Crippen molar-refractivity contribution in [3.8, 4) is 0 Å². The molecule has 0 fully saturated rings. The molecule has 2 N–H and O–H groups in total. The van der Waals surface area contributed by atoms with E-state index in [1.165, 1.54) is 17.2 Å². The Morgan fingerprint density at radius 2 is 1.68 bits per heavy atom. The highest BCUT2D eigenvalue weighted by atomic mass is 32.2. The summed E-state index contributed by atoms with van der Waals surface area (Å²) in [5.74, 6) is 0. The van der Waals surface area contributed by atoms with Gasteiger partial charge in [-0.2, -0.15) is 0 Å². The van der Waals surface area contributed by atoms with Crippen LogP contribution in [-0.2, 0) is 0 Å². The summed E-state index contributed by atoms with van der Waals surface area (Å²) >= 11 is 1.54. The number of nitrogen functional groups attached to an aromatic ring is 1. The van der Waals surface area contributed by atoms with Gasteiger partial charge >= 0.3 is 0 Å². The predicted octanol–water partition coefficient (Wildman–Crippen LogP) is 3.95. The van der Waals surface area contributed by atoms with E-state index in [0.717, 1.165) is 9.79 Å². The second-order valence-corrected chi connectivity index (χ2v) is 5.47. The molecular weight excluding hydrogens is 260 g/mol. The van der Waals surface area contributed by atoms with Crippen LogP contribution in [0.2, 0.25) is 0 Å². The van der Waals surface area contributed by atoms with E-state index in [9.17, 15) is 10.1 Å². The van der Waals surface area contributed by atoms with Crippen molar-refractivity contribution < 1.29 is 4.92 Å². The first-order chi connectivity index (χ1) is 8.97. The Bertz CT molecular complexity index is 641. The van der Waals surface area contributed by atoms with Crippen molar-refractivity contribution in [3.63, 3.8) is 0 Å². The Morgan fingerprint density at radius 3 is 2.26 bits per heavy atom. The number of aryl methyl sites for hydroxylation is 2. The molecule has 5 heteroatoms. The summed E-state index contributed by atoms with van der Waals surface area (Å²) in [6.45, 7) is 4.12. The lowest BCUT2D eigenvalue weighted by molar-refractivity contribution is -0.383. The zero-order valence-corrected chi connectivity index (χ0v) is 11.5. The van der Waals surface area contributed by atoms with Gasteiger partial charge < -0.3 is 5.73 Å². The maximum atomic E-state index is 10.7. The molecule has 2 rings (SSSR count). The summed E-state index contributed by atoms with van der Waals surface area (Å²) in [7, 11) is 0. The topological polar surface area (TPSA) is 69.2 Å². The lowest BCUT2D eigenvalue weighted by atomic mass is 10.1. The molecule has 0 atom stereocenters. The summed E-state index contributed by atoms with van der Waals surface area (Å²) in [5, 5.41) is 10.7. The van der Waals surface area contributed by atoms with Gasteiger partial charge in [-0.15, -0.1) is 0 Å². The van der Waals surface area contributed by atoms with Gasteiger partial charge in [-0.05, 0) is 49.2 Å². The molecule has 0 aromatic heterocycles. The van der Waals surface area contributed by atoms with Crippen LogP contribution in [0, 0.1) is 24.0 Å². The van der Waals surface area contributed by atoms with E-state index in [-0.39, 0.29) is 11.4 Å². The molecule has 0 saturated carbocycles. The summed E-state index contributed by atoms with van der Waals surface area (Å²) < 4.78 is 0. The molecule has 0 aliphatic heterocycles. The first-order valence-electron chi connectivity index (χ1n) is 5.76. The third-order valence-corrected chi connectivity index (χ3v) is 3.89. The summed E-state index contributed by atoms with van der Waals surface area (Å²) in [6, 6.07) is 11.0. The molecule has 2 aromatic carbocycles. The fourth-order valence-electron chi connectivity index (χ4n) is 1.68. The van der Waals surface area contributed by atoms with E-state index in [4.69, 9.17) is 5.73 Å². The standard InChI is InChI=1S/C14H14N2O2S/c1-9-3-4-11(7-10(9)2)19-12-5-6-14(16(17)18)13(15)8-12/h3-8H,15H2,1-2H3. The number of hydrogen-bond donors (Lipinski definition) is 1. The normalized spacial score (nSPS) is 10.4. The summed E-state index contributed by atoms with van der Waals surface area (Å²) in [4.78, 5) is 12.2. The number of nitro benzene ring substituents is 1. The van der Waals surface area contributed by atoms with E-state index in [0.29, 0.717) is 0 Å². The van der Waals surface area contributed by atoms with Gasteiger partial charge in [0, 0.05) is 15.9 Å². The quantitative estimate of drug-likeness (QED) is 0.523. The van der Waals surface area contributed by atoms with Crippen molar-refractivity contribution in [2.75, 3.05) is 5.73 Å². The van der Waals surface area contributed by atoms with Crippen LogP contribution in [0.3, 0.4) is 0 Å². The fraction of sp³-hybridized carbons (Fsp3) is 0.143. The number of benzene rings is 2. The molecule has 0 saturated heterocycles. The van der Waals surface area contributed by atoms with Crippen LogP contribution < -0.4 is 5.73 Å². The minimum absolute atomic E-state index is 0.0514. The van der Waals surface area contributed by atoms with Gasteiger partial charge in [-0.25, -0.2) is 0 Å². The average molecular weight is 274 g/mol. The van der Waals surface area contributed by atoms with Crippen LogP contribution in [0.4, 0.5) is 11.4 Å². The number of rotatable bonds is 3. The smallest absolute Gasteiger partial charge is 0.292 e. The van der Waals surface area contributed by atoms with E-state index in [1.807, 2.05) is 6.07 Å². The Kier molecular flexibility index (Phi) is 3.76. The van der Waals surface area contributed by atoms with E-state index >= 15 is 0 Å². The molecule has 4 nitrogen and oxygen atoms in total. The van der Waals surface area contributed by atoms with Crippen molar-refractivity contribution >= 4 is 23.1 Å². The number of nitro groups is 1. The third kappa shape index (κ3) is 3.06. The van der Waals surface area contributed by atoms with Crippen molar-refractivity contribution in [3.05, 3.63) is 57.6 Å². The lowest BCUT2D eigenvalue weighted by Gasteiger charge is -2.06. The Balaban J connectivity index is 2.26. The van der Waals surface area contributed by atoms with Crippen LogP contribution in [0.1, 0.15) is 11.1 Å². The van der Waals surface area contributed by atoms with E-state index < -0.39 is 4.92 Å². The van der Waals surface area contributed by atoms with Crippen LogP contribution in [0.5, 0.6) is 0 Å². The highest BCUT2D eigenvalue weighted by molar-refractivity contribution is 7.99. The van der Waals surface area contributed by atoms with Crippen molar-refractivity contribution in [1.82, 2.24) is 0 Å². The maximum absolute atomic E-state index is 10.7. The highest BCUT2D eigenvalue weighted by Crippen LogP contribution is 2.33. The van der Waals surface area contributed by atoms with Gasteiger partial charge in [-0.1, -0.05) is 17.8 Å². The van der Waals surface area contributed by atoms with Gasteiger partial charge in [0.25, 0.3) is 5.69 Å². The molecule has 0 bridgehead atoms. The average Bonchev–Trinajstić information content (AvgIpc) is 2.33. The van der Waals surface area contributed by atoms with Gasteiger partial charge in [0.1, 0.15) is 5.69 Å². The number of hydrogen-bond acceptors (Lipinski definition) is 4. The molecule has 0 aliphatic rings. The zero-order chi connectivity index (χ0) is 14.0. The van der Waals surface area contributed by atoms with Gasteiger partial charge in [0.05, 0.1) is 4.92 Å². The molecule has 98 valence electrons. The molecule has 0 radical (unpaired) electrons. The molecule has 2 aromatic rings. The maximum Gasteiger partial charge on any atom is 0.292 e. The Morgan fingerprint density at radius 1 is 1.05 bits per heavy atom. The summed E-state index contributed by atoms with van der Waals surface area (Å²) in [5.41, 5.74) is 8.28. The molecule has 0 spiro atoms. The predicted molar refractivity (Wildman–Crippen MR) is 77.5 cm³/mol. The molecular formula is C14H14N2O2S. The minimum atomic E-state index is -0.472. The molecule has 19 heavy (non-hydrogen) atoms. The second-order valence-electron chi connectivity index (χ2n) is 4.33. The minimum Gasteiger partial charge on any atom is -0.393 e. The first-order valence-corrected chi connectivity index (χ1v) is 6.58. The van der Waals surface area contributed by atoms with Crippen LogP contribution in [-0.4, -0.2) is 4.92 Å². The van der Waals surface area contributed by atoms with Crippen LogP contribution >= 0.6 is 11.8 Å². The van der Waals surface area contributed by atoms with E-state index in [1.54, 1.807) is 23.9 Å². The third-order valence-electron chi connectivity index (χ3n) is 2.91.